The fourth-order valence-corrected chi connectivity index (χ4v) is 1.59. The highest BCUT2D eigenvalue weighted by molar-refractivity contribution is 6.28. The number of nitrogens with zero attached hydrogens (tertiary/aromatic N) is 4. The Kier molecular flexibility index (Phi) is 3.75. The number of fused-ring (bicyclic) bond motifs is 1. The van der Waals surface area contributed by atoms with E-state index in [1.165, 1.54) is 0 Å². The summed E-state index contributed by atoms with van der Waals surface area (Å²) in [5, 5.41) is 0.146. The van der Waals surface area contributed by atoms with Gasteiger partial charge >= 0.3 is 0 Å². The smallest absolute Gasteiger partial charge is 0.244 e. The van der Waals surface area contributed by atoms with Crippen molar-refractivity contribution in [3.8, 4) is 5.88 Å². The van der Waals surface area contributed by atoms with Crippen LogP contribution in [0.3, 0.4) is 0 Å². The first-order valence-electron chi connectivity index (χ1n) is 5.31. The minimum absolute atomic E-state index is 0.146. The lowest BCUT2D eigenvalue weighted by molar-refractivity contribution is 0.275. The minimum Gasteiger partial charge on any atom is -0.476 e. The summed E-state index contributed by atoms with van der Waals surface area (Å²) in [6.07, 6.45) is 2.46. The van der Waals surface area contributed by atoms with E-state index < -0.39 is 0 Å². The van der Waals surface area contributed by atoms with E-state index >= 15 is 0 Å². The van der Waals surface area contributed by atoms with Crippen molar-refractivity contribution in [3.63, 3.8) is 0 Å². The van der Waals surface area contributed by atoms with Crippen LogP contribution >= 0.6 is 11.6 Å². The molecule has 0 spiro atoms. The molecule has 2 aromatic rings. The lowest BCUT2D eigenvalue weighted by atomic mass is 10.4. The van der Waals surface area contributed by atoms with Crippen molar-refractivity contribution in [2.45, 2.75) is 6.42 Å². The zero-order valence-electron chi connectivity index (χ0n) is 9.77. The van der Waals surface area contributed by atoms with Crippen molar-refractivity contribution in [2.24, 2.45) is 0 Å². The number of H-pyrrole nitrogens is 1. The Balaban J connectivity index is 2.04. The Hall–Kier alpha value is -1.40. The quantitative estimate of drug-likeness (QED) is 0.645. The van der Waals surface area contributed by atoms with Crippen molar-refractivity contribution in [3.05, 3.63) is 11.6 Å². The molecule has 0 aliphatic rings. The van der Waals surface area contributed by atoms with Gasteiger partial charge in [-0.15, -0.1) is 0 Å². The second-order valence-electron chi connectivity index (χ2n) is 3.90. The van der Waals surface area contributed by atoms with Gasteiger partial charge in [0.2, 0.25) is 11.2 Å². The van der Waals surface area contributed by atoms with Gasteiger partial charge in [0.25, 0.3) is 0 Å². The van der Waals surface area contributed by atoms with Crippen molar-refractivity contribution in [1.29, 1.82) is 0 Å². The Labute approximate surface area is 104 Å². The molecule has 0 fully saturated rings. The van der Waals surface area contributed by atoms with E-state index in [0.717, 1.165) is 13.0 Å². The summed E-state index contributed by atoms with van der Waals surface area (Å²) in [5.74, 6) is 0.455. The molecule has 2 aromatic heterocycles. The van der Waals surface area contributed by atoms with Crippen molar-refractivity contribution >= 4 is 22.8 Å². The number of ether oxygens (including phenoxy) is 1. The van der Waals surface area contributed by atoms with Gasteiger partial charge in [0, 0.05) is 6.54 Å². The van der Waals surface area contributed by atoms with Gasteiger partial charge in [-0.1, -0.05) is 0 Å². The molecule has 92 valence electrons. The molecule has 0 unspecified atom stereocenters. The van der Waals surface area contributed by atoms with Crippen LogP contribution in [-0.2, 0) is 0 Å². The average molecular weight is 256 g/mol. The highest BCUT2D eigenvalue weighted by Gasteiger charge is 2.09. The second kappa shape index (κ2) is 5.29. The van der Waals surface area contributed by atoms with E-state index in [1.54, 1.807) is 6.33 Å². The number of hydrogen-bond acceptors (Lipinski definition) is 5. The maximum absolute atomic E-state index is 5.78. The fourth-order valence-electron chi connectivity index (χ4n) is 1.44. The summed E-state index contributed by atoms with van der Waals surface area (Å²) in [6, 6.07) is 0. The van der Waals surface area contributed by atoms with Crippen LogP contribution in [0.1, 0.15) is 6.42 Å². The summed E-state index contributed by atoms with van der Waals surface area (Å²) in [5.41, 5.74) is 1.20. The molecule has 2 heterocycles. The van der Waals surface area contributed by atoms with Gasteiger partial charge in [-0.3, -0.25) is 0 Å². The fraction of sp³-hybridized carbons (Fsp3) is 0.500. The number of hydrogen-bond donors (Lipinski definition) is 1. The van der Waals surface area contributed by atoms with E-state index in [1.807, 2.05) is 14.1 Å². The van der Waals surface area contributed by atoms with E-state index in [0.29, 0.717) is 23.7 Å². The van der Waals surface area contributed by atoms with E-state index in [9.17, 15) is 0 Å². The van der Waals surface area contributed by atoms with Crippen LogP contribution in [-0.4, -0.2) is 52.1 Å². The Morgan fingerprint density at radius 1 is 1.41 bits per heavy atom. The summed E-state index contributed by atoms with van der Waals surface area (Å²) >= 11 is 5.78. The number of aromatic amines is 1. The highest BCUT2D eigenvalue weighted by atomic mass is 35.5. The molecular formula is C10H14ClN5O. The molecule has 0 amide bonds. The number of aromatic nitrogens is 4. The van der Waals surface area contributed by atoms with Gasteiger partial charge in [-0.25, -0.2) is 4.98 Å². The van der Waals surface area contributed by atoms with E-state index in [-0.39, 0.29) is 5.28 Å². The summed E-state index contributed by atoms with van der Waals surface area (Å²) in [7, 11) is 4.04. The number of imidazole rings is 1. The van der Waals surface area contributed by atoms with Gasteiger partial charge in [0.05, 0.1) is 12.9 Å². The number of nitrogens with one attached hydrogen (secondary N) is 1. The van der Waals surface area contributed by atoms with Crippen LogP contribution in [0.25, 0.3) is 11.2 Å². The first-order chi connectivity index (χ1) is 8.16. The highest BCUT2D eigenvalue weighted by Crippen LogP contribution is 2.20. The molecule has 0 atom stereocenters. The zero-order valence-corrected chi connectivity index (χ0v) is 10.5. The molecule has 0 aromatic carbocycles. The largest absolute Gasteiger partial charge is 0.476 e. The summed E-state index contributed by atoms with van der Waals surface area (Å²) in [6.45, 7) is 1.55. The van der Waals surface area contributed by atoms with Crippen LogP contribution in [0.2, 0.25) is 5.28 Å². The molecular weight excluding hydrogens is 242 g/mol. The van der Waals surface area contributed by atoms with Gasteiger partial charge in [-0.2, -0.15) is 9.97 Å². The van der Waals surface area contributed by atoms with Crippen LogP contribution in [0.15, 0.2) is 6.33 Å². The lowest BCUT2D eigenvalue weighted by Gasteiger charge is -2.10. The molecule has 7 heteroatoms. The molecule has 2 rings (SSSR count). The maximum atomic E-state index is 5.78. The van der Waals surface area contributed by atoms with Gasteiger partial charge in [-0.05, 0) is 32.1 Å². The third kappa shape index (κ3) is 3.04. The number of halogens is 1. The van der Waals surface area contributed by atoms with Crippen molar-refractivity contribution in [2.75, 3.05) is 27.2 Å². The number of rotatable bonds is 5. The van der Waals surface area contributed by atoms with E-state index in [2.05, 4.69) is 24.8 Å². The summed E-state index contributed by atoms with van der Waals surface area (Å²) in [4.78, 5) is 17.1. The molecule has 0 aliphatic heterocycles. The third-order valence-corrected chi connectivity index (χ3v) is 2.38. The minimum atomic E-state index is 0.146. The lowest BCUT2D eigenvalue weighted by Crippen LogP contribution is -2.15. The molecule has 17 heavy (non-hydrogen) atoms. The third-order valence-electron chi connectivity index (χ3n) is 2.21. The van der Waals surface area contributed by atoms with Crippen LogP contribution < -0.4 is 4.74 Å². The topological polar surface area (TPSA) is 66.9 Å². The van der Waals surface area contributed by atoms with Crippen LogP contribution in [0.5, 0.6) is 5.88 Å². The summed E-state index contributed by atoms with van der Waals surface area (Å²) < 4.78 is 5.58. The van der Waals surface area contributed by atoms with E-state index in [4.69, 9.17) is 16.3 Å². The standard InChI is InChI=1S/C10H14ClN5O/c1-16(2)4-3-5-17-9-7-8(13-6-12-7)14-10(11)15-9/h6H,3-5H2,1-2H3,(H,12,13,14,15). The van der Waals surface area contributed by atoms with Crippen LogP contribution in [0.4, 0.5) is 0 Å². The average Bonchev–Trinajstić information content (AvgIpc) is 2.71. The van der Waals surface area contributed by atoms with Crippen molar-refractivity contribution in [1.82, 2.24) is 24.8 Å². The Morgan fingerprint density at radius 3 is 3.00 bits per heavy atom. The Morgan fingerprint density at radius 2 is 2.24 bits per heavy atom. The predicted molar refractivity (Wildman–Crippen MR) is 65.4 cm³/mol. The van der Waals surface area contributed by atoms with Crippen LogP contribution in [0, 0.1) is 0 Å². The normalized spacial score (nSPS) is 11.3. The molecule has 0 bridgehead atoms. The van der Waals surface area contributed by atoms with Gasteiger partial charge in [0.15, 0.2) is 5.65 Å². The predicted octanol–water partition coefficient (Wildman–Crippen LogP) is 1.34. The molecule has 0 aliphatic carbocycles. The molecule has 1 N–H and O–H groups in total. The Bertz CT molecular complexity index is 498. The molecule has 0 saturated heterocycles. The van der Waals surface area contributed by atoms with Crippen molar-refractivity contribution < 1.29 is 4.74 Å². The molecule has 6 nitrogen and oxygen atoms in total. The monoisotopic (exact) mass is 255 g/mol. The second-order valence-corrected chi connectivity index (χ2v) is 4.24. The first-order valence-corrected chi connectivity index (χ1v) is 5.69. The molecule has 0 radical (unpaired) electrons. The SMILES string of the molecule is CN(C)CCCOc1nc(Cl)nc2nc[nH]c12. The first kappa shape index (κ1) is 12.1. The van der Waals surface area contributed by atoms with Gasteiger partial charge in [0.1, 0.15) is 5.52 Å². The molecule has 0 saturated carbocycles. The van der Waals surface area contributed by atoms with Gasteiger partial charge < -0.3 is 14.6 Å². The zero-order chi connectivity index (χ0) is 12.3. The maximum Gasteiger partial charge on any atom is 0.244 e.